The van der Waals surface area contributed by atoms with E-state index in [1.54, 1.807) is 0 Å². The van der Waals surface area contributed by atoms with Crippen molar-refractivity contribution in [3.05, 3.63) is 47.5 Å². The van der Waals surface area contributed by atoms with Crippen LogP contribution in [0.15, 0.2) is 42.0 Å². The molecule has 1 nitrogen and oxygen atoms in total. The Labute approximate surface area is 92.0 Å². The molecule has 1 aromatic rings. The lowest BCUT2D eigenvalue weighted by Crippen LogP contribution is -2.26. The molecule has 80 valence electrons. The molecule has 0 fully saturated rings. The Kier molecular flexibility index (Phi) is 3.57. The van der Waals surface area contributed by atoms with Crippen LogP contribution in [0.1, 0.15) is 31.2 Å². The molecule has 1 unspecified atom stereocenters. The monoisotopic (exact) mass is 201 g/mol. The van der Waals surface area contributed by atoms with Gasteiger partial charge in [-0.1, -0.05) is 42.0 Å². The summed E-state index contributed by atoms with van der Waals surface area (Å²) in [4.78, 5) is 0. The number of benzene rings is 1. The molecular formula is C14H19N. The summed E-state index contributed by atoms with van der Waals surface area (Å²) in [5.41, 5.74) is 9.02. The molecule has 2 rings (SSSR count). The summed E-state index contributed by atoms with van der Waals surface area (Å²) in [6, 6.07) is 10.8. The van der Waals surface area contributed by atoms with Gasteiger partial charge in [0, 0.05) is 6.04 Å². The van der Waals surface area contributed by atoms with E-state index in [9.17, 15) is 0 Å². The van der Waals surface area contributed by atoms with E-state index in [1.165, 1.54) is 36.8 Å². The Morgan fingerprint density at radius 2 is 1.93 bits per heavy atom. The fraction of sp³-hybridized carbons (Fsp3) is 0.429. The summed E-state index contributed by atoms with van der Waals surface area (Å²) in [5.74, 6) is 0. The highest BCUT2D eigenvalue weighted by Crippen LogP contribution is 2.21. The molecule has 1 aliphatic carbocycles. The minimum atomic E-state index is 0.229. The van der Waals surface area contributed by atoms with Crippen LogP contribution in [0, 0.1) is 0 Å². The number of nitrogens with two attached hydrogens (primary N) is 1. The highest BCUT2D eigenvalue weighted by molar-refractivity contribution is 5.21. The second kappa shape index (κ2) is 5.13. The van der Waals surface area contributed by atoms with E-state index in [1.807, 2.05) is 0 Å². The summed E-state index contributed by atoms with van der Waals surface area (Å²) >= 11 is 0. The lowest BCUT2D eigenvalue weighted by atomic mass is 9.91. The molecule has 1 heteroatoms. The zero-order valence-corrected chi connectivity index (χ0v) is 9.15. The highest BCUT2D eigenvalue weighted by Gasteiger charge is 2.12. The van der Waals surface area contributed by atoms with Crippen LogP contribution in [0.2, 0.25) is 0 Å². The largest absolute Gasteiger partial charge is 0.324 e. The standard InChI is InChI=1S/C14H19N/c15-14(13-9-5-2-6-10-13)11-12-7-3-1-4-8-12/h1,3-4,7-9,14H,2,5-6,10-11,15H2. The maximum atomic E-state index is 6.21. The van der Waals surface area contributed by atoms with Gasteiger partial charge in [0.15, 0.2) is 0 Å². The lowest BCUT2D eigenvalue weighted by molar-refractivity contribution is 0.630. The van der Waals surface area contributed by atoms with E-state index < -0.39 is 0 Å². The predicted octanol–water partition coefficient (Wildman–Crippen LogP) is 3.06. The predicted molar refractivity (Wildman–Crippen MR) is 64.7 cm³/mol. The zero-order valence-electron chi connectivity index (χ0n) is 9.15. The Bertz CT molecular complexity index is 326. The Morgan fingerprint density at radius 1 is 1.13 bits per heavy atom. The average Bonchev–Trinajstić information content (AvgIpc) is 2.31. The van der Waals surface area contributed by atoms with E-state index in [0.29, 0.717) is 0 Å². The normalized spacial score (nSPS) is 18.3. The van der Waals surface area contributed by atoms with Crippen LogP contribution in [0.25, 0.3) is 0 Å². The molecular weight excluding hydrogens is 182 g/mol. The van der Waals surface area contributed by atoms with Gasteiger partial charge in [-0.15, -0.1) is 0 Å². The molecule has 0 aliphatic heterocycles. The first-order valence-corrected chi connectivity index (χ1v) is 5.84. The van der Waals surface area contributed by atoms with Crippen molar-refractivity contribution in [2.45, 2.75) is 38.1 Å². The van der Waals surface area contributed by atoms with Crippen molar-refractivity contribution < 1.29 is 0 Å². The number of hydrogen-bond donors (Lipinski definition) is 1. The van der Waals surface area contributed by atoms with Crippen LogP contribution in [0.4, 0.5) is 0 Å². The smallest absolute Gasteiger partial charge is 0.0294 e. The van der Waals surface area contributed by atoms with Crippen LogP contribution in [-0.4, -0.2) is 6.04 Å². The third kappa shape index (κ3) is 2.93. The van der Waals surface area contributed by atoms with Crippen LogP contribution >= 0.6 is 0 Å². The summed E-state index contributed by atoms with van der Waals surface area (Å²) in [6.07, 6.45) is 8.39. The van der Waals surface area contributed by atoms with Crippen molar-refractivity contribution in [2.75, 3.05) is 0 Å². The zero-order chi connectivity index (χ0) is 10.5. The van der Waals surface area contributed by atoms with Gasteiger partial charge in [-0.2, -0.15) is 0 Å². The van der Waals surface area contributed by atoms with Crippen molar-refractivity contribution in [3.63, 3.8) is 0 Å². The molecule has 0 radical (unpaired) electrons. The fourth-order valence-corrected chi connectivity index (χ4v) is 2.20. The molecule has 2 N–H and O–H groups in total. The van der Waals surface area contributed by atoms with Gasteiger partial charge >= 0.3 is 0 Å². The minimum absolute atomic E-state index is 0.229. The van der Waals surface area contributed by atoms with Gasteiger partial charge in [-0.3, -0.25) is 0 Å². The summed E-state index contributed by atoms with van der Waals surface area (Å²) in [5, 5.41) is 0. The summed E-state index contributed by atoms with van der Waals surface area (Å²) in [7, 11) is 0. The first-order valence-electron chi connectivity index (χ1n) is 5.84. The van der Waals surface area contributed by atoms with Gasteiger partial charge in [0.1, 0.15) is 0 Å². The second-order valence-electron chi connectivity index (χ2n) is 4.32. The van der Waals surface area contributed by atoms with E-state index in [-0.39, 0.29) is 6.04 Å². The average molecular weight is 201 g/mol. The third-order valence-electron chi connectivity index (χ3n) is 3.10. The molecule has 0 saturated heterocycles. The topological polar surface area (TPSA) is 26.0 Å². The molecule has 0 bridgehead atoms. The molecule has 0 heterocycles. The molecule has 0 spiro atoms. The molecule has 0 aromatic heterocycles. The summed E-state index contributed by atoms with van der Waals surface area (Å²) in [6.45, 7) is 0. The van der Waals surface area contributed by atoms with Crippen LogP contribution in [-0.2, 0) is 6.42 Å². The molecule has 15 heavy (non-hydrogen) atoms. The van der Waals surface area contributed by atoms with Gasteiger partial charge < -0.3 is 5.73 Å². The van der Waals surface area contributed by atoms with E-state index in [4.69, 9.17) is 5.73 Å². The number of allylic oxidation sites excluding steroid dienone is 1. The number of hydrogen-bond acceptors (Lipinski definition) is 1. The van der Waals surface area contributed by atoms with Crippen molar-refractivity contribution in [3.8, 4) is 0 Å². The second-order valence-corrected chi connectivity index (χ2v) is 4.32. The van der Waals surface area contributed by atoms with Gasteiger partial charge in [0.05, 0.1) is 0 Å². The van der Waals surface area contributed by atoms with Crippen molar-refractivity contribution in [1.82, 2.24) is 0 Å². The highest BCUT2D eigenvalue weighted by atomic mass is 14.6. The van der Waals surface area contributed by atoms with Crippen molar-refractivity contribution in [1.29, 1.82) is 0 Å². The van der Waals surface area contributed by atoms with Crippen molar-refractivity contribution >= 4 is 0 Å². The van der Waals surface area contributed by atoms with E-state index in [2.05, 4.69) is 36.4 Å². The van der Waals surface area contributed by atoms with Crippen LogP contribution in [0.3, 0.4) is 0 Å². The van der Waals surface area contributed by atoms with E-state index in [0.717, 1.165) is 6.42 Å². The molecule has 1 atom stereocenters. The van der Waals surface area contributed by atoms with Gasteiger partial charge in [0.2, 0.25) is 0 Å². The fourth-order valence-electron chi connectivity index (χ4n) is 2.20. The molecule has 1 aromatic carbocycles. The van der Waals surface area contributed by atoms with Crippen molar-refractivity contribution in [2.24, 2.45) is 5.73 Å². The van der Waals surface area contributed by atoms with Gasteiger partial charge in [-0.25, -0.2) is 0 Å². The van der Waals surface area contributed by atoms with Gasteiger partial charge in [0.25, 0.3) is 0 Å². The Morgan fingerprint density at radius 3 is 2.60 bits per heavy atom. The first-order chi connectivity index (χ1) is 7.36. The quantitative estimate of drug-likeness (QED) is 0.747. The molecule has 1 aliphatic rings. The Hall–Kier alpha value is -1.08. The van der Waals surface area contributed by atoms with E-state index >= 15 is 0 Å². The minimum Gasteiger partial charge on any atom is -0.324 e. The summed E-state index contributed by atoms with van der Waals surface area (Å²) < 4.78 is 0. The molecule has 0 amide bonds. The first kappa shape index (κ1) is 10.4. The SMILES string of the molecule is NC(Cc1ccccc1)C1=CCCCC1. The maximum Gasteiger partial charge on any atom is 0.0294 e. The Balaban J connectivity index is 1.97. The van der Waals surface area contributed by atoms with Crippen LogP contribution < -0.4 is 5.73 Å². The lowest BCUT2D eigenvalue weighted by Gasteiger charge is -2.19. The van der Waals surface area contributed by atoms with Gasteiger partial charge in [-0.05, 0) is 37.7 Å². The third-order valence-corrected chi connectivity index (χ3v) is 3.10. The van der Waals surface area contributed by atoms with Crippen LogP contribution in [0.5, 0.6) is 0 Å². The maximum absolute atomic E-state index is 6.21. The number of rotatable bonds is 3. The molecule has 0 saturated carbocycles.